The van der Waals surface area contributed by atoms with E-state index < -0.39 is 12.1 Å². The molecular weight excluding hydrogens is 317 g/mol. The van der Waals surface area contributed by atoms with Crippen molar-refractivity contribution in [1.29, 1.82) is 0 Å². The Morgan fingerprint density at radius 2 is 1.93 bits per heavy atom. The van der Waals surface area contributed by atoms with Gasteiger partial charge in [-0.2, -0.15) is 0 Å². The van der Waals surface area contributed by atoms with Crippen molar-refractivity contribution in [3.8, 4) is 5.75 Å². The van der Waals surface area contributed by atoms with Gasteiger partial charge in [-0.15, -0.1) is 0 Å². The number of carbonyl (C=O) groups is 1. The Morgan fingerprint density at radius 3 is 2.33 bits per heavy atom. The molecule has 0 saturated carbocycles. The van der Waals surface area contributed by atoms with Gasteiger partial charge in [0.2, 0.25) is 0 Å². The minimum absolute atomic E-state index is 0. The summed E-state index contributed by atoms with van der Waals surface area (Å²) in [6.45, 7) is 0. The summed E-state index contributed by atoms with van der Waals surface area (Å²) in [5, 5.41) is 17.7. The Hall–Kier alpha value is 0.502. The first-order valence-electron chi connectivity index (χ1n) is 4.17. The summed E-state index contributed by atoms with van der Waals surface area (Å²) in [6, 6.07) is 6.38. The summed E-state index contributed by atoms with van der Waals surface area (Å²) in [4.78, 5) is 10.6. The number of aliphatic carboxylic acids is 1. The average molecular weight is 330 g/mol. The fourth-order valence-corrected chi connectivity index (χ4v) is 1.12. The number of methoxy groups -OCH3 is 1. The van der Waals surface area contributed by atoms with Crippen molar-refractivity contribution in [3.05, 3.63) is 29.8 Å². The number of carboxylic acid groups (broad SMARTS) is 1. The Kier molecular flexibility index (Phi) is 7.98. The first-order valence-corrected chi connectivity index (χ1v) is 4.17. The molecular formula is C10H13CsO4. The number of phenols is 1. The third-order valence-corrected chi connectivity index (χ3v) is 1.92. The van der Waals surface area contributed by atoms with Gasteiger partial charge in [0.1, 0.15) is 5.75 Å². The molecule has 0 aromatic heterocycles. The fourth-order valence-electron chi connectivity index (χ4n) is 1.12. The number of aromatic hydroxyl groups is 1. The molecule has 0 fully saturated rings. The third kappa shape index (κ3) is 5.39. The van der Waals surface area contributed by atoms with Crippen molar-refractivity contribution in [2.45, 2.75) is 12.5 Å². The van der Waals surface area contributed by atoms with Crippen molar-refractivity contribution in [2.24, 2.45) is 0 Å². The minimum atomic E-state index is -0.986. The van der Waals surface area contributed by atoms with Gasteiger partial charge in [-0.3, -0.25) is 0 Å². The van der Waals surface area contributed by atoms with Crippen molar-refractivity contribution in [3.63, 3.8) is 0 Å². The maximum absolute atomic E-state index is 10.6. The van der Waals surface area contributed by atoms with E-state index in [1.807, 2.05) is 0 Å². The zero-order valence-corrected chi connectivity index (χ0v) is 7.80. The van der Waals surface area contributed by atoms with Gasteiger partial charge >= 0.3 is 74.9 Å². The predicted octanol–water partition coefficient (Wildman–Crippen LogP) is 0.386. The molecule has 0 aliphatic carbocycles. The molecule has 0 saturated heterocycles. The molecule has 78 valence electrons. The van der Waals surface area contributed by atoms with Crippen LogP contribution in [-0.2, 0) is 16.0 Å². The van der Waals surface area contributed by atoms with Gasteiger partial charge in [0.15, 0.2) is 6.10 Å². The molecule has 0 amide bonds. The predicted molar refractivity (Wildman–Crippen MR) is 57.4 cm³/mol. The second-order valence-corrected chi connectivity index (χ2v) is 2.93. The molecule has 5 heteroatoms. The molecule has 1 rings (SSSR count). The number of phenolic OH excluding ortho intramolecular Hbond substituents is 1. The van der Waals surface area contributed by atoms with E-state index in [0.29, 0.717) is 6.42 Å². The third-order valence-electron chi connectivity index (χ3n) is 1.92. The monoisotopic (exact) mass is 330 g/mol. The summed E-state index contributed by atoms with van der Waals surface area (Å²) in [6.07, 6.45) is -0.536. The van der Waals surface area contributed by atoms with E-state index in [1.54, 1.807) is 12.1 Å². The van der Waals surface area contributed by atoms with E-state index in [1.165, 1.54) is 19.2 Å². The van der Waals surface area contributed by atoms with Crippen molar-refractivity contribution < 1.29 is 19.7 Å². The van der Waals surface area contributed by atoms with E-state index in [2.05, 4.69) is 0 Å². The number of carboxylic acids is 1. The molecule has 1 unspecified atom stereocenters. The van der Waals surface area contributed by atoms with E-state index in [-0.39, 0.29) is 74.6 Å². The Bertz CT molecular complexity index is 310. The second kappa shape index (κ2) is 7.72. The molecule has 0 aliphatic rings. The van der Waals surface area contributed by atoms with Crippen molar-refractivity contribution >= 4 is 74.9 Å². The molecule has 1 aromatic carbocycles. The molecule has 15 heavy (non-hydrogen) atoms. The van der Waals surface area contributed by atoms with Gasteiger partial charge in [0.25, 0.3) is 0 Å². The van der Waals surface area contributed by atoms with Crippen LogP contribution in [0, 0.1) is 0 Å². The average Bonchev–Trinajstić information content (AvgIpc) is 2.16. The first-order chi connectivity index (χ1) is 6.63. The van der Waals surface area contributed by atoms with Gasteiger partial charge < -0.3 is 14.9 Å². The Labute approximate surface area is 147 Å². The normalized spacial score (nSPS) is 11.5. The quantitative estimate of drug-likeness (QED) is 0.838. The number of ether oxygens (including phenoxy) is 1. The zero-order valence-electron chi connectivity index (χ0n) is 7.80. The van der Waals surface area contributed by atoms with E-state index in [4.69, 9.17) is 14.9 Å². The number of rotatable bonds is 4. The standard InChI is InChI=1S/C10H12O4.Cs.H/c1-14-9(10(12)13)6-7-2-4-8(11)5-3-7;;/h2-5,9,11H,6H2,1H3,(H,12,13);;. The zero-order chi connectivity index (χ0) is 10.6. The molecule has 1 aromatic rings. The van der Waals surface area contributed by atoms with Crippen LogP contribution in [0.2, 0.25) is 0 Å². The second-order valence-electron chi connectivity index (χ2n) is 2.93. The van der Waals surface area contributed by atoms with Crippen molar-refractivity contribution in [1.82, 2.24) is 0 Å². The first kappa shape index (κ1) is 15.5. The van der Waals surface area contributed by atoms with Gasteiger partial charge in [-0.1, -0.05) is 12.1 Å². The SMILES string of the molecule is COC(Cc1ccc(O)cc1)C(=O)O.[CsH]. The van der Waals surface area contributed by atoms with E-state index in [9.17, 15) is 4.79 Å². The summed E-state index contributed by atoms with van der Waals surface area (Å²) >= 11 is 0. The molecule has 0 radical (unpaired) electrons. The molecule has 0 spiro atoms. The van der Waals surface area contributed by atoms with Crippen LogP contribution in [0.5, 0.6) is 5.75 Å². The van der Waals surface area contributed by atoms with Crippen LogP contribution in [0.3, 0.4) is 0 Å². The van der Waals surface area contributed by atoms with Crippen LogP contribution in [0.15, 0.2) is 24.3 Å². The molecule has 4 nitrogen and oxygen atoms in total. The maximum atomic E-state index is 10.6. The summed E-state index contributed by atoms with van der Waals surface area (Å²) in [5.41, 5.74) is 0.817. The Morgan fingerprint density at radius 1 is 1.40 bits per heavy atom. The molecule has 1 atom stereocenters. The molecule has 0 aliphatic heterocycles. The van der Waals surface area contributed by atoms with Gasteiger partial charge in [-0.05, 0) is 17.7 Å². The fraction of sp³-hybridized carbons (Fsp3) is 0.300. The number of benzene rings is 1. The van der Waals surface area contributed by atoms with Gasteiger partial charge in [-0.25, -0.2) is 4.79 Å². The molecule has 2 N–H and O–H groups in total. The summed E-state index contributed by atoms with van der Waals surface area (Å²) in [5.74, 6) is -0.821. The summed E-state index contributed by atoms with van der Waals surface area (Å²) in [7, 11) is 1.36. The van der Waals surface area contributed by atoms with Crippen LogP contribution >= 0.6 is 0 Å². The van der Waals surface area contributed by atoms with Crippen LogP contribution in [-0.4, -0.2) is 98.3 Å². The van der Waals surface area contributed by atoms with Crippen LogP contribution in [0.4, 0.5) is 0 Å². The van der Waals surface area contributed by atoms with Crippen molar-refractivity contribution in [2.75, 3.05) is 7.11 Å². The van der Waals surface area contributed by atoms with Gasteiger partial charge in [0, 0.05) is 13.5 Å². The van der Waals surface area contributed by atoms with Gasteiger partial charge in [0.05, 0.1) is 0 Å². The Balaban J connectivity index is 0.00000196. The van der Waals surface area contributed by atoms with E-state index >= 15 is 0 Å². The van der Waals surface area contributed by atoms with E-state index in [0.717, 1.165) is 5.56 Å². The molecule has 0 heterocycles. The number of hydrogen-bond acceptors (Lipinski definition) is 3. The van der Waals surface area contributed by atoms with Crippen LogP contribution in [0.25, 0.3) is 0 Å². The van der Waals surface area contributed by atoms with Crippen LogP contribution in [0.1, 0.15) is 5.56 Å². The summed E-state index contributed by atoms with van der Waals surface area (Å²) < 4.78 is 4.78. The number of hydrogen-bond donors (Lipinski definition) is 2. The topological polar surface area (TPSA) is 66.8 Å². The van der Waals surface area contributed by atoms with Crippen LogP contribution < -0.4 is 0 Å². The molecule has 0 bridgehead atoms.